The highest BCUT2D eigenvalue weighted by Crippen LogP contribution is 2.40. The van der Waals surface area contributed by atoms with Crippen molar-refractivity contribution < 1.29 is 9.59 Å². The van der Waals surface area contributed by atoms with E-state index in [-0.39, 0.29) is 17.2 Å². The van der Waals surface area contributed by atoms with Gasteiger partial charge < -0.3 is 0 Å². The highest BCUT2D eigenvalue weighted by molar-refractivity contribution is 7.80. The topological polar surface area (TPSA) is 37.4 Å². The first-order valence-electron chi connectivity index (χ1n) is 5.61. The minimum absolute atomic E-state index is 0.00746. The van der Waals surface area contributed by atoms with Crippen LogP contribution in [0.25, 0.3) is 0 Å². The van der Waals surface area contributed by atoms with Gasteiger partial charge >= 0.3 is 0 Å². The number of hydrogen-bond acceptors (Lipinski definition) is 3. The highest BCUT2D eigenvalue weighted by atomic mass is 32.1. The summed E-state index contributed by atoms with van der Waals surface area (Å²) in [5, 5.41) is 0. The van der Waals surface area contributed by atoms with Crippen LogP contribution >= 0.6 is 12.6 Å². The van der Waals surface area contributed by atoms with Crippen molar-refractivity contribution in [2.45, 2.75) is 38.5 Å². The summed E-state index contributed by atoms with van der Waals surface area (Å²) < 4.78 is 0. The first kappa shape index (κ1) is 11.0. The number of amides is 2. The van der Waals surface area contributed by atoms with Gasteiger partial charge in [-0.1, -0.05) is 12.8 Å². The maximum atomic E-state index is 11.5. The Hall–Kier alpha value is -0.510. The molecule has 0 atom stereocenters. The van der Waals surface area contributed by atoms with E-state index in [0.717, 1.165) is 18.6 Å². The van der Waals surface area contributed by atoms with E-state index < -0.39 is 0 Å². The molecule has 15 heavy (non-hydrogen) atoms. The van der Waals surface area contributed by atoms with Crippen LogP contribution in [0.1, 0.15) is 38.5 Å². The third kappa shape index (κ3) is 2.05. The molecule has 1 aliphatic carbocycles. The number of hydrogen-bond donors (Lipinski definition) is 1. The quantitative estimate of drug-likeness (QED) is 0.587. The van der Waals surface area contributed by atoms with Crippen LogP contribution in [0.2, 0.25) is 0 Å². The van der Waals surface area contributed by atoms with Crippen molar-refractivity contribution in [2.24, 2.45) is 5.41 Å². The van der Waals surface area contributed by atoms with Gasteiger partial charge in [0.15, 0.2) is 0 Å². The molecule has 0 aromatic heterocycles. The molecule has 3 nitrogen and oxygen atoms in total. The third-order valence-corrected chi connectivity index (χ3v) is 4.32. The molecule has 0 spiro atoms. The maximum Gasteiger partial charge on any atom is 0.229 e. The second kappa shape index (κ2) is 4.16. The zero-order valence-electron chi connectivity index (χ0n) is 8.87. The standard InChI is InChI=1S/C11H17NO2S/c13-9-3-4-10(14)12(9)7-11(8-15)5-1-2-6-11/h15H,1-8H2. The van der Waals surface area contributed by atoms with Crippen LogP contribution < -0.4 is 0 Å². The fourth-order valence-corrected chi connectivity index (χ4v) is 3.04. The van der Waals surface area contributed by atoms with Crippen LogP contribution in [0.5, 0.6) is 0 Å². The van der Waals surface area contributed by atoms with Crippen LogP contribution in [-0.2, 0) is 9.59 Å². The molecular formula is C11H17NO2S. The average Bonchev–Trinajstić information content (AvgIpc) is 2.81. The van der Waals surface area contributed by atoms with Gasteiger partial charge in [0.1, 0.15) is 0 Å². The van der Waals surface area contributed by atoms with Gasteiger partial charge in [-0.05, 0) is 24.0 Å². The van der Waals surface area contributed by atoms with Gasteiger partial charge in [0.2, 0.25) is 11.8 Å². The van der Waals surface area contributed by atoms with Crippen LogP contribution in [0.15, 0.2) is 0 Å². The second-order valence-corrected chi connectivity index (χ2v) is 5.06. The Morgan fingerprint density at radius 1 is 1.13 bits per heavy atom. The third-order valence-electron chi connectivity index (χ3n) is 3.65. The van der Waals surface area contributed by atoms with Crippen LogP contribution in [0.4, 0.5) is 0 Å². The molecular weight excluding hydrogens is 210 g/mol. The first-order chi connectivity index (χ1) is 7.17. The van der Waals surface area contributed by atoms with E-state index >= 15 is 0 Å². The summed E-state index contributed by atoms with van der Waals surface area (Å²) in [4.78, 5) is 24.5. The van der Waals surface area contributed by atoms with E-state index in [2.05, 4.69) is 12.6 Å². The fourth-order valence-electron chi connectivity index (χ4n) is 2.63. The summed E-state index contributed by atoms with van der Waals surface area (Å²) in [7, 11) is 0. The van der Waals surface area contributed by atoms with Gasteiger partial charge in [0.25, 0.3) is 0 Å². The number of carbonyl (C=O) groups is 2. The van der Waals surface area contributed by atoms with Crippen molar-refractivity contribution >= 4 is 24.4 Å². The molecule has 2 rings (SSSR count). The molecule has 2 aliphatic rings. The van der Waals surface area contributed by atoms with Gasteiger partial charge in [-0.25, -0.2) is 0 Å². The Morgan fingerprint density at radius 3 is 2.13 bits per heavy atom. The Morgan fingerprint density at radius 2 is 1.67 bits per heavy atom. The summed E-state index contributed by atoms with van der Waals surface area (Å²) in [6.07, 6.45) is 5.43. The number of carbonyl (C=O) groups excluding carboxylic acids is 2. The lowest BCUT2D eigenvalue weighted by Crippen LogP contribution is -2.40. The molecule has 0 bridgehead atoms. The zero-order chi connectivity index (χ0) is 10.9. The van der Waals surface area contributed by atoms with E-state index in [1.165, 1.54) is 17.7 Å². The van der Waals surface area contributed by atoms with Crippen molar-refractivity contribution in [1.29, 1.82) is 0 Å². The van der Waals surface area contributed by atoms with Gasteiger partial charge in [0, 0.05) is 19.4 Å². The molecule has 0 aromatic rings. The number of thiol groups is 1. The smallest absolute Gasteiger partial charge is 0.229 e. The SMILES string of the molecule is O=C1CCC(=O)N1CC1(CS)CCCC1. The molecule has 2 fully saturated rings. The fraction of sp³-hybridized carbons (Fsp3) is 0.818. The van der Waals surface area contributed by atoms with Crippen molar-refractivity contribution in [3.8, 4) is 0 Å². The Kier molecular flexibility index (Phi) is 3.05. The maximum absolute atomic E-state index is 11.5. The number of rotatable bonds is 3. The van der Waals surface area contributed by atoms with Crippen molar-refractivity contribution in [2.75, 3.05) is 12.3 Å². The van der Waals surface area contributed by atoms with Gasteiger partial charge in [-0.15, -0.1) is 0 Å². The molecule has 0 radical (unpaired) electrons. The van der Waals surface area contributed by atoms with Crippen LogP contribution in [-0.4, -0.2) is 29.0 Å². The first-order valence-corrected chi connectivity index (χ1v) is 6.24. The monoisotopic (exact) mass is 227 g/mol. The summed E-state index contributed by atoms with van der Waals surface area (Å²) in [5.74, 6) is 0.797. The molecule has 4 heteroatoms. The molecule has 1 heterocycles. The number of imide groups is 1. The number of nitrogens with zero attached hydrogens (tertiary/aromatic N) is 1. The van der Waals surface area contributed by atoms with Crippen molar-refractivity contribution in [3.05, 3.63) is 0 Å². The Balaban J connectivity index is 2.06. The van der Waals surface area contributed by atoms with E-state index in [1.807, 2.05) is 0 Å². The molecule has 1 aliphatic heterocycles. The van der Waals surface area contributed by atoms with E-state index in [1.54, 1.807) is 0 Å². The Labute approximate surface area is 95.6 Å². The van der Waals surface area contributed by atoms with Crippen LogP contribution in [0, 0.1) is 5.41 Å². The van der Waals surface area contributed by atoms with E-state index in [9.17, 15) is 9.59 Å². The molecule has 2 amide bonds. The predicted molar refractivity (Wildman–Crippen MR) is 60.7 cm³/mol. The highest BCUT2D eigenvalue weighted by Gasteiger charge is 2.39. The predicted octanol–water partition coefficient (Wildman–Crippen LogP) is 1.63. The lowest BCUT2D eigenvalue weighted by Gasteiger charge is -2.31. The summed E-state index contributed by atoms with van der Waals surface area (Å²) >= 11 is 4.38. The molecule has 84 valence electrons. The summed E-state index contributed by atoms with van der Waals surface area (Å²) in [6, 6.07) is 0. The normalized spacial score (nSPS) is 25.3. The lowest BCUT2D eigenvalue weighted by atomic mass is 9.88. The summed E-state index contributed by atoms with van der Waals surface area (Å²) in [6.45, 7) is 0.605. The zero-order valence-corrected chi connectivity index (χ0v) is 9.76. The van der Waals surface area contributed by atoms with Crippen molar-refractivity contribution in [3.63, 3.8) is 0 Å². The van der Waals surface area contributed by atoms with Gasteiger partial charge in [0.05, 0.1) is 0 Å². The van der Waals surface area contributed by atoms with E-state index in [0.29, 0.717) is 19.4 Å². The lowest BCUT2D eigenvalue weighted by molar-refractivity contribution is -0.140. The largest absolute Gasteiger partial charge is 0.282 e. The molecule has 0 aromatic carbocycles. The second-order valence-electron chi connectivity index (χ2n) is 4.74. The van der Waals surface area contributed by atoms with Gasteiger partial charge in [-0.3, -0.25) is 14.5 Å². The number of likely N-dealkylation sites (tertiary alicyclic amines) is 1. The average molecular weight is 227 g/mol. The molecule has 1 saturated carbocycles. The minimum Gasteiger partial charge on any atom is -0.282 e. The minimum atomic E-state index is 0.00746. The van der Waals surface area contributed by atoms with Crippen molar-refractivity contribution in [1.82, 2.24) is 4.90 Å². The summed E-state index contributed by atoms with van der Waals surface area (Å²) in [5.41, 5.74) is 0.110. The molecule has 0 N–H and O–H groups in total. The Bertz CT molecular complexity index is 268. The van der Waals surface area contributed by atoms with E-state index in [4.69, 9.17) is 0 Å². The van der Waals surface area contributed by atoms with Crippen LogP contribution in [0.3, 0.4) is 0 Å². The molecule has 0 unspecified atom stereocenters. The van der Waals surface area contributed by atoms with Gasteiger partial charge in [-0.2, -0.15) is 12.6 Å². The molecule has 1 saturated heterocycles.